The normalized spacial score (nSPS) is 16.0. The molecule has 1 heterocycles. The van der Waals surface area contributed by atoms with E-state index in [9.17, 15) is 13.2 Å². The molecule has 1 N–H and O–H groups in total. The predicted octanol–water partition coefficient (Wildman–Crippen LogP) is 3.95. The molecule has 0 radical (unpaired) electrons. The van der Waals surface area contributed by atoms with Gasteiger partial charge in [0.15, 0.2) is 0 Å². The number of hydrogen-bond acceptors (Lipinski definition) is 5. The van der Waals surface area contributed by atoms with Gasteiger partial charge in [0.05, 0.1) is 31.3 Å². The van der Waals surface area contributed by atoms with E-state index in [-0.39, 0.29) is 22.8 Å². The van der Waals surface area contributed by atoms with E-state index in [2.05, 4.69) is 25.2 Å². The Morgan fingerprint density at radius 3 is 2.30 bits per heavy atom. The van der Waals surface area contributed by atoms with Gasteiger partial charge in [-0.15, -0.1) is 0 Å². The van der Waals surface area contributed by atoms with Gasteiger partial charge in [0.25, 0.3) is 5.91 Å². The van der Waals surface area contributed by atoms with Gasteiger partial charge < -0.3 is 14.8 Å². The standard InChI is InChI=1S/C25H34N2O5S/c1-16(2)21-15-22(18(4)13-23(21)31-6)19(5)26-25(28)20-8-7-17(3)24(14-20)33(29,30)27-9-11-32-12-10-27/h7-8,13-16,19H,9-12H2,1-6H3,(H,26,28). The number of ether oxygens (including phenoxy) is 2. The van der Waals surface area contributed by atoms with E-state index in [1.54, 1.807) is 26.2 Å². The van der Waals surface area contributed by atoms with Gasteiger partial charge in [0, 0.05) is 18.7 Å². The Hall–Kier alpha value is -2.42. The van der Waals surface area contributed by atoms with Crippen molar-refractivity contribution in [3.63, 3.8) is 0 Å². The van der Waals surface area contributed by atoms with Gasteiger partial charge in [-0.2, -0.15) is 4.31 Å². The monoisotopic (exact) mass is 474 g/mol. The Bertz CT molecular complexity index is 1120. The summed E-state index contributed by atoms with van der Waals surface area (Å²) in [5, 5.41) is 3.03. The van der Waals surface area contributed by atoms with Gasteiger partial charge in [-0.3, -0.25) is 4.79 Å². The molecule has 1 fully saturated rings. The van der Waals surface area contributed by atoms with Gasteiger partial charge in [-0.25, -0.2) is 8.42 Å². The van der Waals surface area contributed by atoms with Crippen molar-refractivity contribution in [2.75, 3.05) is 33.4 Å². The summed E-state index contributed by atoms with van der Waals surface area (Å²) in [6.45, 7) is 11.2. The lowest BCUT2D eigenvalue weighted by atomic mass is 9.93. The second-order valence-corrected chi connectivity index (χ2v) is 10.7. The van der Waals surface area contributed by atoms with Crippen molar-refractivity contribution in [1.29, 1.82) is 0 Å². The number of amides is 1. The highest BCUT2D eigenvalue weighted by Crippen LogP contribution is 2.32. The van der Waals surface area contributed by atoms with Crippen LogP contribution in [0.3, 0.4) is 0 Å². The van der Waals surface area contributed by atoms with Gasteiger partial charge in [0.1, 0.15) is 5.75 Å². The summed E-state index contributed by atoms with van der Waals surface area (Å²) in [4.78, 5) is 13.2. The molecule has 2 aromatic carbocycles. The fraction of sp³-hybridized carbons (Fsp3) is 0.480. The van der Waals surface area contributed by atoms with Gasteiger partial charge in [0.2, 0.25) is 10.0 Å². The number of carbonyl (C=O) groups is 1. The van der Waals surface area contributed by atoms with Gasteiger partial charge in [-0.1, -0.05) is 19.9 Å². The van der Waals surface area contributed by atoms with Crippen LogP contribution in [0.1, 0.15) is 65.3 Å². The van der Waals surface area contributed by atoms with Crippen molar-refractivity contribution in [1.82, 2.24) is 9.62 Å². The Morgan fingerprint density at radius 2 is 1.70 bits per heavy atom. The lowest BCUT2D eigenvalue weighted by molar-refractivity contribution is 0.0730. The van der Waals surface area contributed by atoms with Crippen molar-refractivity contribution in [3.8, 4) is 5.75 Å². The maximum Gasteiger partial charge on any atom is 0.251 e. The summed E-state index contributed by atoms with van der Waals surface area (Å²) in [5.41, 5.74) is 4.02. The number of benzene rings is 2. The third-order valence-corrected chi connectivity index (χ3v) is 8.13. The molecular formula is C25H34N2O5S. The highest BCUT2D eigenvalue weighted by atomic mass is 32.2. The van der Waals surface area contributed by atoms with Crippen LogP contribution in [0.4, 0.5) is 0 Å². The van der Waals surface area contributed by atoms with E-state index in [1.165, 1.54) is 10.4 Å². The number of rotatable bonds is 7. The molecule has 7 nitrogen and oxygen atoms in total. The number of nitrogens with zero attached hydrogens (tertiary/aromatic N) is 1. The average molecular weight is 475 g/mol. The quantitative estimate of drug-likeness (QED) is 0.657. The zero-order valence-electron chi connectivity index (χ0n) is 20.3. The molecular weight excluding hydrogens is 440 g/mol. The molecule has 1 saturated heterocycles. The van der Waals surface area contributed by atoms with E-state index < -0.39 is 10.0 Å². The molecule has 1 aliphatic rings. The average Bonchev–Trinajstić information content (AvgIpc) is 2.79. The second kappa shape index (κ2) is 10.2. The lowest BCUT2D eigenvalue weighted by Crippen LogP contribution is -2.41. The van der Waals surface area contributed by atoms with Crippen LogP contribution in [0.2, 0.25) is 0 Å². The van der Waals surface area contributed by atoms with Crippen molar-refractivity contribution in [2.45, 2.75) is 51.5 Å². The number of hydrogen-bond donors (Lipinski definition) is 1. The summed E-state index contributed by atoms with van der Waals surface area (Å²) in [5.74, 6) is 0.788. The lowest BCUT2D eigenvalue weighted by Gasteiger charge is -2.27. The first-order valence-electron chi connectivity index (χ1n) is 11.2. The van der Waals surface area contributed by atoms with E-state index in [4.69, 9.17) is 9.47 Å². The number of methoxy groups -OCH3 is 1. The number of morpholine rings is 1. The number of sulfonamides is 1. The third kappa shape index (κ3) is 5.39. The van der Waals surface area contributed by atoms with Crippen molar-refractivity contribution < 1.29 is 22.7 Å². The molecule has 1 atom stereocenters. The van der Waals surface area contributed by atoms with E-state index in [1.807, 2.05) is 19.9 Å². The Labute approximate surface area is 197 Å². The summed E-state index contributed by atoms with van der Waals surface area (Å²) < 4.78 is 38.5. The molecule has 33 heavy (non-hydrogen) atoms. The van der Waals surface area contributed by atoms with Crippen LogP contribution >= 0.6 is 0 Å². The van der Waals surface area contributed by atoms with Crippen molar-refractivity contribution in [2.24, 2.45) is 0 Å². The Morgan fingerprint density at radius 1 is 1.03 bits per heavy atom. The van der Waals surface area contributed by atoms with Crippen LogP contribution in [-0.4, -0.2) is 52.0 Å². The summed E-state index contributed by atoms with van der Waals surface area (Å²) in [7, 11) is -2.04. The number of aryl methyl sites for hydroxylation is 2. The summed E-state index contributed by atoms with van der Waals surface area (Å²) in [6, 6.07) is 8.63. The molecule has 0 aromatic heterocycles. The molecule has 0 saturated carbocycles. The van der Waals surface area contributed by atoms with E-state index in [0.717, 1.165) is 22.4 Å². The second-order valence-electron chi connectivity index (χ2n) is 8.80. The third-order valence-electron chi connectivity index (χ3n) is 6.09. The molecule has 180 valence electrons. The molecule has 0 bridgehead atoms. The summed E-state index contributed by atoms with van der Waals surface area (Å²) in [6.07, 6.45) is 0. The topological polar surface area (TPSA) is 84.9 Å². The smallest absolute Gasteiger partial charge is 0.251 e. The molecule has 2 aromatic rings. The van der Waals surface area contributed by atoms with Crippen LogP contribution < -0.4 is 10.1 Å². The zero-order chi connectivity index (χ0) is 24.3. The van der Waals surface area contributed by atoms with Crippen LogP contribution in [-0.2, 0) is 14.8 Å². The van der Waals surface area contributed by atoms with Crippen LogP contribution in [0, 0.1) is 13.8 Å². The maximum absolute atomic E-state index is 13.2. The number of nitrogens with one attached hydrogen (secondary N) is 1. The van der Waals surface area contributed by atoms with Gasteiger partial charge >= 0.3 is 0 Å². The Kier molecular flexibility index (Phi) is 7.82. The van der Waals surface area contributed by atoms with E-state index in [0.29, 0.717) is 37.4 Å². The van der Waals surface area contributed by atoms with Crippen molar-refractivity contribution >= 4 is 15.9 Å². The van der Waals surface area contributed by atoms with Crippen LogP contribution in [0.15, 0.2) is 35.2 Å². The highest BCUT2D eigenvalue weighted by molar-refractivity contribution is 7.89. The molecule has 1 amide bonds. The Balaban J connectivity index is 1.87. The fourth-order valence-corrected chi connectivity index (χ4v) is 5.77. The van der Waals surface area contributed by atoms with Crippen LogP contribution in [0.25, 0.3) is 0 Å². The highest BCUT2D eigenvalue weighted by Gasteiger charge is 2.28. The summed E-state index contributed by atoms with van der Waals surface area (Å²) >= 11 is 0. The van der Waals surface area contributed by atoms with Gasteiger partial charge in [-0.05, 0) is 73.2 Å². The minimum Gasteiger partial charge on any atom is -0.496 e. The zero-order valence-corrected chi connectivity index (χ0v) is 21.1. The molecule has 3 rings (SSSR count). The molecule has 8 heteroatoms. The van der Waals surface area contributed by atoms with Crippen LogP contribution in [0.5, 0.6) is 5.75 Å². The first-order valence-corrected chi connectivity index (χ1v) is 12.7. The first-order chi connectivity index (χ1) is 15.6. The first kappa shape index (κ1) is 25.2. The van der Waals surface area contributed by atoms with E-state index >= 15 is 0 Å². The minimum atomic E-state index is -3.70. The fourth-order valence-electron chi connectivity index (χ4n) is 4.11. The largest absolute Gasteiger partial charge is 0.496 e. The molecule has 1 aliphatic heterocycles. The van der Waals surface area contributed by atoms with Crippen molar-refractivity contribution in [3.05, 3.63) is 58.1 Å². The maximum atomic E-state index is 13.2. The molecule has 0 aliphatic carbocycles. The molecule has 0 spiro atoms. The number of carbonyl (C=O) groups excluding carboxylic acids is 1. The SMILES string of the molecule is COc1cc(C)c(C(C)NC(=O)c2ccc(C)c(S(=O)(=O)N3CCOCC3)c2)cc1C(C)C. The predicted molar refractivity (Wildman–Crippen MR) is 128 cm³/mol. The minimum absolute atomic E-state index is 0.160. The molecule has 1 unspecified atom stereocenters.